The van der Waals surface area contributed by atoms with Gasteiger partial charge in [-0.05, 0) is 29.7 Å². The Balaban J connectivity index is 1.66. The SMILES string of the molecule is COCCCN(CC(=O)N1CCS[C@@H]1c1ccc(F)cc1)Cc1ccccc1. The van der Waals surface area contributed by atoms with Crippen molar-refractivity contribution in [1.29, 1.82) is 0 Å². The maximum Gasteiger partial charge on any atom is 0.237 e. The molecule has 0 aliphatic carbocycles. The van der Waals surface area contributed by atoms with Crippen molar-refractivity contribution in [3.63, 3.8) is 0 Å². The van der Waals surface area contributed by atoms with Crippen molar-refractivity contribution in [2.45, 2.75) is 18.3 Å². The Morgan fingerprint density at radius 1 is 1.21 bits per heavy atom. The molecule has 0 N–H and O–H groups in total. The summed E-state index contributed by atoms with van der Waals surface area (Å²) in [4.78, 5) is 17.2. The Morgan fingerprint density at radius 3 is 2.68 bits per heavy atom. The average Bonchev–Trinajstić information content (AvgIpc) is 3.19. The van der Waals surface area contributed by atoms with E-state index < -0.39 is 0 Å². The van der Waals surface area contributed by atoms with Crippen molar-refractivity contribution in [2.24, 2.45) is 0 Å². The number of amides is 1. The summed E-state index contributed by atoms with van der Waals surface area (Å²) >= 11 is 1.73. The summed E-state index contributed by atoms with van der Waals surface area (Å²) in [5, 5.41) is -0.0364. The zero-order valence-electron chi connectivity index (χ0n) is 16.2. The van der Waals surface area contributed by atoms with Crippen LogP contribution in [-0.4, -0.2) is 54.8 Å². The lowest BCUT2D eigenvalue weighted by Gasteiger charge is -2.28. The summed E-state index contributed by atoms with van der Waals surface area (Å²) in [5.41, 5.74) is 2.17. The van der Waals surface area contributed by atoms with E-state index in [0.717, 1.165) is 37.4 Å². The Morgan fingerprint density at radius 2 is 1.96 bits per heavy atom. The molecule has 2 aromatic carbocycles. The number of carbonyl (C=O) groups is 1. The summed E-state index contributed by atoms with van der Waals surface area (Å²) in [5.74, 6) is 0.764. The van der Waals surface area contributed by atoms with Gasteiger partial charge < -0.3 is 9.64 Å². The van der Waals surface area contributed by atoms with E-state index >= 15 is 0 Å². The van der Waals surface area contributed by atoms with E-state index in [9.17, 15) is 9.18 Å². The highest BCUT2D eigenvalue weighted by Gasteiger charge is 2.31. The number of nitrogens with zero attached hydrogens (tertiary/aromatic N) is 2. The molecule has 1 atom stereocenters. The molecule has 28 heavy (non-hydrogen) atoms. The monoisotopic (exact) mass is 402 g/mol. The minimum atomic E-state index is -0.253. The summed E-state index contributed by atoms with van der Waals surface area (Å²) in [6.07, 6.45) is 0.882. The quantitative estimate of drug-likeness (QED) is 0.595. The van der Waals surface area contributed by atoms with Crippen molar-refractivity contribution in [1.82, 2.24) is 9.80 Å². The zero-order valence-corrected chi connectivity index (χ0v) is 17.0. The predicted octanol–water partition coefficient (Wildman–Crippen LogP) is 3.94. The van der Waals surface area contributed by atoms with Gasteiger partial charge in [0.2, 0.25) is 5.91 Å². The highest BCUT2D eigenvalue weighted by atomic mass is 32.2. The third-order valence-electron chi connectivity index (χ3n) is 4.80. The highest BCUT2D eigenvalue weighted by molar-refractivity contribution is 7.99. The Hall–Kier alpha value is -1.89. The minimum Gasteiger partial charge on any atom is -0.385 e. The average molecular weight is 403 g/mol. The number of halogens is 1. The summed E-state index contributed by atoms with van der Waals surface area (Å²) in [6, 6.07) is 16.7. The van der Waals surface area contributed by atoms with Crippen molar-refractivity contribution in [3.8, 4) is 0 Å². The highest BCUT2D eigenvalue weighted by Crippen LogP contribution is 2.37. The van der Waals surface area contributed by atoms with Gasteiger partial charge in [-0.25, -0.2) is 4.39 Å². The second-order valence-corrected chi connectivity index (χ2v) is 8.09. The third kappa shape index (κ3) is 5.80. The molecule has 3 rings (SSSR count). The maximum absolute atomic E-state index is 13.3. The van der Waals surface area contributed by atoms with Crippen LogP contribution in [0.4, 0.5) is 4.39 Å². The second-order valence-electron chi connectivity index (χ2n) is 6.90. The van der Waals surface area contributed by atoms with Gasteiger partial charge in [-0.3, -0.25) is 9.69 Å². The van der Waals surface area contributed by atoms with E-state index in [1.807, 2.05) is 23.1 Å². The number of thioether (sulfide) groups is 1. The summed E-state index contributed by atoms with van der Waals surface area (Å²) < 4.78 is 18.4. The molecule has 1 amide bonds. The lowest BCUT2D eigenvalue weighted by Crippen LogP contribution is -2.40. The molecule has 0 saturated carbocycles. The van der Waals surface area contributed by atoms with Crippen LogP contribution in [0.15, 0.2) is 54.6 Å². The predicted molar refractivity (Wildman–Crippen MR) is 112 cm³/mol. The van der Waals surface area contributed by atoms with Crippen LogP contribution in [0, 0.1) is 5.82 Å². The van der Waals surface area contributed by atoms with Gasteiger partial charge >= 0.3 is 0 Å². The number of rotatable bonds is 9. The first-order valence-electron chi connectivity index (χ1n) is 9.59. The minimum absolute atomic E-state index is 0.0364. The van der Waals surface area contributed by atoms with E-state index in [1.165, 1.54) is 17.7 Å². The Labute approximate surface area is 170 Å². The van der Waals surface area contributed by atoms with Crippen LogP contribution in [0.3, 0.4) is 0 Å². The molecule has 1 aliphatic rings. The van der Waals surface area contributed by atoms with Gasteiger partial charge in [0.15, 0.2) is 0 Å². The van der Waals surface area contributed by atoms with Gasteiger partial charge in [-0.15, -0.1) is 11.8 Å². The Kier molecular flexibility index (Phi) is 7.89. The van der Waals surface area contributed by atoms with Gasteiger partial charge in [-0.2, -0.15) is 0 Å². The lowest BCUT2D eigenvalue weighted by atomic mass is 10.2. The number of methoxy groups -OCH3 is 1. The first-order chi connectivity index (χ1) is 13.7. The van der Waals surface area contributed by atoms with Gasteiger partial charge in [0.05, 0.1) is 6.54 Å². The fraction of sp³-hybridized carbons (Fsp3) is 0.409. The fourth-order valence-corrected chi connectivity index (χ4v) is 4.68. The van der Waals surface area contributed by atoms with Crippen LogP contribution in [-0.2, 0) is 16.1 Å². The fourth-order valence-electron chi connectivity index (χ4n) is 3.40. The molecule has 2 aromatic rings. The molecule has 150 valence electrons. The topological polar surface area (TPSA) is 32.8 Å². The molecule has 0 radical (unpaired) electrons. The van der Waals surface area contributed by atoms with Crippen LogP contribution in [0.5, 0.6) is 0 Å². The number of hydrogen-bond donors (Lipinski definition) is 0. The molecular weight excluding hydrogens is 375 g/mol. The van der Waals surface area contributed by atoms with E-state index in [-0.39, 0.29) is 17.1 Å². The summed E-state index contributed by atoms with van der Waals surface area (Å²) in [7, 11) is 1.70. The number of carbonyl (C=O) groups excluding carboxylic acids is 1. The normalized spacial score (nSPS) is 16.7. The molecule has 0 aromatic heterocycles. The molecule has 0 spiro atoms. The number of hydrogen-bond acceptors (Lipinski definition) is 4. The van der Waals surface area contributed by atoms with E-state index in [2.05, 4.69) is 17.0 Å². The standard InChI is InChI=1S/C22H27FN2O2S/c1-27-14-5-12-24(16-18-6-3-2-4-7-18)17-21(26)25-13-15-28-22(25)19-8-10-20(23)11-9-19/h2-4,6-11,22H,5,12-17H2,1H3/t22-/m1/s1. The zero-order chi connectivity index (χ0) is 19.8. The van der Waals surface area contributed by atoms with Crippen LogP contribution < -0.4 is 0 Å². The van der Waals surface area contributed by atoms with E-state index in [4.69, 9.17) is 4.74 Å². The van der Waals surface area contributed by atoms with E-state index in [0.29, 0.717) is 13.2 Å². The van der Waals surface area contributed by atoms with Gasteiger partial charge in [0.25, 0.3) is 0 Å². The molecular formula is C22H27FN2O2S. The molecule has 4 nitrogen and oxygen atoms in total. The van der Waals surface area contributed by atoms with Crippen LogP contribution in [0.1, 0.15) is 22.9 Å². The number of benzene rings is 2. The van der Waals surface area contributed by atoms with E-state index in [1.54, 1.807) is 31.0 Å². The third-order valence-corrected chi connectivity index (χ3v) is 6.06. The maximum atomic E-state index is 13.3. The molecule has 1 fully saturated rings. The van der Waals surface area contributed by atoms with Gasteiger partial charge in [0.1, 0.15) is 11.2 Å². The van der Waals surface area contributed by atoms with Crippen molar-refractivity contribution < 1.29 is 13.9 Å². The number of ether oxygens (including phenoxy) is 1. The first kappa shape index (κ1) is 20.8. The molecule has 6 heteroatoms. The molecule has 1 saturated heterocycles. The van der Waals surface area contributed by atoms with Gasteiger partial charge in [0, 0.05) is 39.1 Å². The molecule has 0 bridgehead atoms. The van der Waals surface area contributed by atoms with Gasteiger partial charge in [-0.1, -0.05) is 42.5 Å². The van der Waals surface area contributed by atoms with Crippen LogP contribution in [0.2, 0.25) is 0 Å². The first-order valence-corrected chi connectivity index (χ1v) is 10.6. The summed E-state index contributed by atoms with van der Waals surface area (Å²) in [6.45, 7) is 3.31. The molecule has 1 heterocycles. The van der Waals surface area contributed by atoms with Crippen molar-refractivity contribution in [2.75, 3.05) is 39.1 Å². The smallest absolute Gasteiger partial charge is 0.237 e. The van der Waals surface area contributed by atoms with Crippen LogP contribution >= 0.6 is 11.8 Å². The van der Waals surface area contributed by atoms with Crippen molar-refractivity contribution >= 4 is 17.7 Å². The Bertz CT molecular complexity index is 742. The molecule has 1 aliphatic heterocycles. The van der Waals surface area contributed by atoms with Crippen LogP contribution in [0.25, 0.3) is 0 Å². The molecule has 0 unspecified atom stereocenters. The second kappa shape index (κ2) is 10.6. The lowest BCUT2D eigenvalue weighted by molar-refractivity contribution is -0.132. The largest absolute Gasteiger partial charge is 0.385 e. The van der Waals surface area contributed by atoms with Crippen molar-refractivity contribution in [3.05, 3.63) is 71.5 Å².